The third-order valence-corrected chi connectivity index (χ3v) is 5.48. The van der Waals surface area contributed by atoms with Gasteiger partial charge in [0.05, 0.1) is 25.8 Å². The van der Waals surface area contributed by atoms with Gasteiger partial charge < -0.3 is 25.0 Å². The Bertz CT molecular complexity index is 977. The van der Waals surface area contributed by atoms with E-state index in [0.717, 1.165) is 5.69 Å². The normalized spacial score (nSPS) is 16.6. The Morgan fingerprint density at radius 2 is 1.78 bits per heavy atom. The standard InChI is InChI=1S/C24H29N3O5/c1-15(2)22(24(30)25-19-11-10-18(31-3)13-20(19)32-4)26-23(29)16-12-21(28)27(14-16)17-8-6-5-7-9-17/h5-11,13,15-16,22H,12,14H2,1-4H3,(H,25,30)(H,26,29)/t16?,22-/m0/s1. The van der Waals surface area contributed by atoms with Crippen molar-refractivity contribution in [3.05, 3.63) is 48.5 Å². The van der Waals surface area contributed by atoms with Crippen LogP contribution in [0.15, 0.2) is 48.5 Å². The maximum Gasteiger partial charge on any atom is 0.247 e. The number of nitrogens with zero attached hydrogens (tertiary/aromatic N) is 1. The van der Waals surface area contributed by atoms with Crippen LogP contribution in [0.4, 0.5) is 11.4 Å². The van der Waals surface area contributed by atoms with Crippen LogP contribution in [0.3, 0.4) is 0 Å². The number of anilines is 2. The summed E-state index contributed by atoms with van der Waals surface area (Å²) in [4.78, 5) is 40.0. The topological polar surface area (TPSA) is 97.0 Å². The molecule has 2 atom stereocenters. The SMILES string of the molecule is COc1ccc(NC(=O)[C@@H](NC(=O)C2CC(=O)N(c3ccccc3)C2)C(C)C)c(OC)c1. The lowest BCUT2D eigenvalue weighted by Gasteiger charge is -2.24. The average Bonchev–Trinajstić information content (AvgIpc) is 3.19. The number of benzene rings is 2. The van der Waals surface area contributed by atoms with Crippen molar-refractivity contribution in [2.24, 2.45) is 11.8 Å². The highest BCUT2D eigenvalue weighted by Gasteiger charge is 2.37. The first kappa shape index (κ1) is 23.1. The van der Waals surface area contributed by atoms with Crippen molar-refractivity contribution in [1.82, 2.24) is 5.32 Å². The number of carbonyl (C=O) groups is 3. The summed E-state index contributed by atoms with van der Waals surface area (Å²) in [7, 11) is 3.05. The molecular weight excluding hydrogens is 410 g/mol. The molecule has 32 heavy (non-hydrogen) atoms. The van der Waals surface area contributed by atoms with Gasteiger partial charge in [0.15, 0.2) is 0 Å². The number of hydrogen-bond donors (Lipinski definition) is 2. The molecule has 0 spiro atoms. The van der Waals surface area contributed by atoms with Crippen LogP contribution in [-0.2, 0) is 14.4 Å². The molecule has 0 bridgehead atoms. The summed E-state index contributed by atoms with van der Waals surface area (Å²) >= 11 is 0. The zero-order valence-electron chi connectivity index (χ0n) is 18.8. The number of methoxy groups -OCH3 is 2. The smallest absolute Gasteiger partial charge is 0.247 e. The molecule has 0 saturated carbocycles. The van der Waals surface area contributed by atoms with Crippen molar-refractivity contribution < 1.29 is 23.9 Å². The Balaban J connectivity index is 1.68. The predicted molar refractivity (Wildman–Crippen MR) is 122 cm³/mol. The summed E-state index contributed by atoms with van der Waals surface area (Å²) in [6.07, 6.45) is 0.111. The van der Waals surface area contributed by atoms with Gasteiger partial charge in [-0.05, 0) is 30.2 Å². The van der Waals surface area contributed by atoms with Gasteiger partial charge in [-0.25, -0.2) is 0 Å². The summed E-state index contributed by atoms with van der Waals surface area (Å²) in [5.41, 5.74) is 1.24. The summed E-state index contributed by atoms with van der Waals surface area (Å²) in [6.45, 7) is 3.99. The highest BCUT2D eigenvalue weighted by molar-refractivity contribution is 6.02. The summed E-state index contributed by atoms with van der Waals surface area (Å²) in [6, 6.07) is 13.5. The van der Waals surface area contributed by atoms with Gasteiger partial charge in [-0.15, -0.1) is 0 Å². The monoisotopic (exact) mass is 439 g/mol. The summed E-state index contributed by atoms with van der Waals surface area (Å²) in [5.74, 6) is -0.412. The molecule has 3 amide bonds. The number of nitrogens with one attached hydrogen (secondary N) is 2. The van der Waals surface area contributed by atoms with E-state index < -0.39 is 12.0 Å². The molecular formula is C24H29N3O5. The first-order valence-electron chi connectivity index (χ1n) is 10.5. The van der Waals surface area contributed by atoms with E-state index in [4.69, 9.17) is 9.47 Å². The maximum atomic E-state index is 13.0. The van der Waals surface area contributed by atoms with Crippen LogP contribution in [0.5, 0.6) is 11.5 Å². The van der Waals surface area contributed by atoms with E-state index in [1.165, 1.54) is 7.11 Å². The lowest BCUT2D eigenvalue weighted by atomic mass is 10.0. The van der Waals surface area contributed by atoms with Crippen molar-refractivity contribution in [3.8, 4) is 11.5 Å². The zero-order valence-corrected chi connectivity index (χ0v) is 18.8. The first-order valence-corrected chi connectivity index (χ1v) is 10.5. The second kappa shape index (κ2) is 10.2. The molecule has 8 heteroatoms. The van der Waals surface area contributed by atoms with Crippen molar-refractivity contribution in [1.29, 1.82) is 0 Å². The molecule has 1 heterocycles. The number of carbonyl (C=O) groups excluding carboxylic acids is 3. The number of amides is 3. The molecule has 0 aromatic heterocycles. The Labute approximate surface area is 187 Å². The molecule has 1 aliphatic rings. The molecule has 2 aromatic carbocycles. The predicted octanol–water partition coefficient (Wildman–Crippen LogP) is 2.84. The molecule has 8 nitrogen and oxygen atoms in total. The minimum Gasteiger partial charge on any atom is -0.497 e. The van der Waals surface area contributed by atoms with Crippen LogP contribution < -0.4 is 25.0 Å². The highest BCUT2D eigenvalue weighted by atomic mass is 16.5. The van der Waals surface area contributed by atoms with Gasteiger partial charge in [-0.2, -0.15) is 0 Å². The summed E-state index contributed by atoms with van der Waals surface area (Å²) in [5, 5.41) is 5.66. The van der Waals surface area contributed by atoms with Gasteiger partial charge in [0.2, 0.25) is 17.7 Å². The molecule has 1 fully saturated rings. The van der Waals surface area contributed by atoms with E-state index in [0.29, 0.717) is 17.2 Å². The molecule has 2 aromatic rings. The van der Waals surface area contributed by atoms with E-state index in [-0.39, 0.29) is 36.6 Å². The van der Waals surface area contributed by atoms with Gasteiger partial charge in [0.25, 0.3) is 0 Å². The van der Waals surface area contributed by atoms with Crippen LogP contribution in [-0.4, -0.2) is 44.5 Å². The molecule has 2 N–H and O–H groups in total. The van der Waals surface area contributed by atoms with Crippen molar-refractivity contribution in [2.45, 2.75) is 26.3 Å². The largest absolute Gasteiger partial charge is 0.497 e. The van der Waals surface area contributed by atoms with Crippen LogP contribution in [0.25, 0.3) is 0 Å². The van der Waals surface area contributed by atoms with Crippen molar-refractivity contribution in [2.75, 3.05) is 31.0 Å². The van der Waals surface area contributed by atoms with E-state index in [2.05, 4.69) is 10.6 Å². The van der Waals surface area contributed by atoms with Gasteiger partial charge in [0, 0.05) is 24.7 Å². The van der Waals surface area contributed by atoms with Crippen LogP contribution >= 0.6 is 0 Å². The third kappa shape index (κ3) is 5.19. The van der Waals surface area contributed by atoms with E-state index in [9.17, 15) is 14.4 Å². The zero-order chi connectivity index (χ0) is 23.3. The third-order valence-electron chi connectivity index (χ3n) is 5.48. The minimum absolute atomic E-state index is 0.107. The van der Waals surface area contributed by atoms with Crippen LogP contribution in [0.1, 0.15) is 20.3 Å². The molecule has 0 aliphatic carbocycles. The Morgan fingerprint density at radius 3 is 2.41 bits per heavy atom. The number of hydrogen-bond acceptors (Lipinski definition) is 5. The Morgan fingerprint density at radius 1 is 1.06 bits per heavy atom. The van der Waals surface area contributed by atoms with Crippen molar-refractivity contribution in [3.63, 3.8) is 0 Å². The molecule has 1 unspecified atom stereocenters. The summed E-state index contributed by atoms with van der Waals surface area (Å²) < 4.78 is 10.5. The first-order chi connectivity index (χ1) is 15.3. The second-order valence-electron chi connectivity index (χ2n) is 8.03. The molecule has 3 rings (SSSR count). The number of rotatable bonds is 8. The fraction of sp³-hybridized carbons (Fsp3) is 0.375. The molecule has 170 valence electrons. The molecule has 1 saturated heterocycles. The lowest BCUT2D eigenvalue weighted by Crippen LogP contribution is -2.49. The van der Waals surface area contributed by atoms with Crippen molar-refractivity contribution >= 4 is 29.1 Å². The fourth-order valence-corrected chi connectivity index (χ4v) is 3.66. The average molecular weight is 440 g/mol. The quantitative estimate of drug-likeness (QED) is 0.659. The van der Waals surface area contributed by atoms with Gasteiger partial charge in [-0.1, -0.05) is 32.0 Å². The van der Waals surface area contributed by atoms with Gasteiger partial charge in [-0.3, -0.25) is 14.4 Å². The van der Waals surface area contributed by atoms with Crippen LogP contribution in [0.2, 0.25) is 0 Å². The Hall–Kier alpha value is -3.55. The fourth-order valence-electron chi connectivity index (χ4n) is 3.66. The van der Waals surface area contributed by atoms with E-state index in [1.807, 2.05) is 44.2 Å². The Kier molecular flexibility index (Phi) is 7.35. The molecule has 1 aliphatic heterocycles. The molecule has 0 radical (unpaired) electrons. The maximum absolute atomic E-state index is 13.0. The van der Waals surface area contributed by atoms with Gasteiger partial charge in [0.1, 0.15) is 17.5 Å². The second-order valence-corrected chi connectivity index (χ2v) is 8.03. The number of ether oxygens (including phenoxy) is 2. The van der Waals surface area contributed by atoms with E-state index in [1.54, 1.807) is 30.2 Å². The van der Waals surface area contributed by atoms with Gasteiger partial charge >= 0.3 is 0 Å². The lowest BCUT2D eigenvalue weighted by molar-refractivity contribution is -0.130. The highest BCUT2D eigenvalue weighted by Crippen LogP contribution is 2.29. The number of para-hydroxylation sites is 1. The van der Waals surface area contributed by atoms with E-state index >= 15 is 0 Å². The van der Waals surface area contributed by atoms with Crippen LogP contribution in [0, 0.1) is 11.8 Å². The minimum atomic E-state index is -0.768.